The molecule has 0 heterocycles. The summed E-state index contributed by atoms with van der Waals surface area (Å²) in [6, 6.07) is 11.0. The summed E-state index contributed by atoms with van der Waals surface area (Å²) in [5.41, 5.74) is 1.55. The Balaban J connectivity index is 1.58. The van der Waals surface area contributed by atoms with Crippen molar-refractivity contribution in [3.63, 3.8) is 0 Å². The van der Waals surface area contributed by atoms with Crippen LogP contribution in [0.25, 0.3) is 0 Å². The first-order chi connectivity index (χ1) is 8.27. The van der Waals surface area contributed by atoms with Crippen LogP contribution in [-0.2, 0) is 0 Å². The van der Waals surface area contributed by atoms with Gasteiger partial charge in [0.05, 0.1) is 0 Å². The van der Waals surface area contributed by atoms with Crippen molar-refractivity contribution in [2.45, 2.75) is 39.0 Å². The van der Waals surface area contributed by atoms with Gasteiger partial charge in [0.2, 0.25) is 0 Å². The summed E-state index contributed by atoms with van der Waals surface area (Å²) in [6.07, 6.45) is 4.14. The molecule has 1 aliphatic carbocycles. The summed E-state index contributed by atoms with van der Waals surface area (Å²) < 4.78 is 0. The Bertz CT molecular complexity index is 318. The van der Waals surface area contributed by atoms with Crippen LogP contribution in [0.2, 0.25) is 0 Å². The van der Waals surface area contributed by atoms with Crippen LogP contribution >= 0.6 is 0 Å². The number of hydrogen-bond acceptors (Lipinski definition) is 1. The van der Waals surface area contributed by atoms with Crippen LogP contribution in [0, 0.1) is 11.8 Å². The van der Waals surface area contributed by atoms with Gasteiger partial charge in [-0.3, -0.25) is 0 Å². The molecule has 1 aromatic rings. The summed E-state index contributed by atoms with van der Waals surface area (Å²) in [7, 11) is 0. The zero-order valence-electron chi connectivity index (χ0n) is 11.2. The summed E-state index contributed by atoms with van der Waals surface area (Å²) in [4.78, 5) is 0. The van der Waals surface area contributed by atoms with E-state index in [-0.39, 0.29) is 0 Å². The summed E-state index contributed by atoms with van der Waals surface area (Å²) in [5.74, 6) is 2.59. The van der Waals surface area contributed by atoms with E-state index in [9.17, 15) is 0 Å². The molecule has 2 rings (SSSR count). The van der Waals surface area contributed by atoms with Gasteiger partial charge in [-0.15, -0.1) is 0 Å². The first-order valence-corrected chi connectivity index (χ1v) is 7.03. The first-order valence-electron chi connectivity index (χ1n) is 7.03. The Morgan fingerprint density at radius 3 is 2.71 bits per heavy atom. The molecule has 17 heavy (non-hydrogen) atoms. The number of nitrogens with one attached hydrogen (secondary N) is 1. The van der Waals surface area contributed by atoms with E-state index in [0.29, 0.717) is 0 Å². The number of rotatable bonds is 7. The first kappa shape index (κ1) is 12.6. The van der Waals surface area contributed by atoms with Crippen LogP contribution in [0.3, 0.4) is 0 Å². The van der Waals surface area contributed by atoms with Gasteiger partial charge in [-0.25, -0.2) is 0 Å². The normalized spacial score (nSPS) is 23.0. The predicted octanol–water partition coefficient (Wildman–Crippen LogP) is 3.82. The monoisotopic (exact) mass is 231 g/mol. The van der Waals surface area contributed by atoms with Gasteiger partial charge in [-0.1, -0.05) is 44.2 Å². The van der Waals surface area contributed by atoms with E-state index < -0.39 is 0 Å². The third-order valence-electron chi connectivity index (χ3n) is 3.63. The lowest BCUT2D eigenvalue weighted by Gasteiger charge is -2.06. The van der Waals surface area contributed by atoms with Gasteiger partial charge in [-0.05, 0) is 55.7 Å². The Kier molecular flexibility index (Phi) is 4.61. The van der Waals surface area contributed by atoms with Gasteiger partial charge in [0.15, 0.2) is 0 Å². The summed E-state index contributed by atoms with van der Waals surface area (Å²) >= 11 is 0. The Morgan fingerprint density at radius 2 is 2.00 bits per heavy atom. The molecular weight excluding hydrogens is 206 g/mol. The molecule has 94 valence electrons. The largest absolute Gasteiger partial charge is 0.316 e. The highest BCUT2D eigenvalue weighted by Gasteiger charge is 2.36. The third-order valence-corrected chi connectivity index (χ3v) is 3.63. The van der Waals surface area contributed by atoms with Crippen LogP contribution in [0.5, 0.6) is 0 Å². The molecule has 1 heteroatoms. The zero-order valence-corrected chi connectivity index (χ0v) is 11.2. The maximum atomic E-state index is 3.52. The molecule has 1 aromatic carbocycles. The van der Waals surface area contributed by atoms with Gasteiger partial charge in [-0.2, -0.15) is 0 Å². The standard InChI is InChI=1S/C16H25N/c1-13(2)12-17-10-6-9-15-11-16(15)14-7-4-3-5-8-14/h3-5,7-8,13,15-17H,6,9-12H2,1-2H3. The smallest absolute Gasteiger partial charge is 0.00258 e. The van der Waals surface area contributed by atoms with Gasteiger partial charge in [0, 0.05) is 0 Å². The van der Waals surface area contributed by atoms with Crippen molar-refractivity contribution in [3.8, 4) is 0 Å². The maximum absolute atomic E-state index is 3.52. The molecule has 0 saturated heterocycles. The van der Waals surface area contributed by atoms with E-state index in [0.717, 1.165) is 24.3 Å². The van der Waals surface area contributed by atoms with Gasteiger partial charge >= 0.3 is 0 Å². The van der Waals surface area contributed by atoms with Crippen LogP contribution in [0.1, 0.15) is 44.6 Å². The van der Waals surface area contributed by atoms with Crippen molar-refractivity contribution in [1.82, 2.24) is 5.32 Å². The molecule has 1 saturated carbocycles. The van der Waals surface area contributed by atoms with Crippen LogP contribution in [-0.4, -0.2) is 13.1 Å². The van der Waals surface area contributed by atoms with E-state index in [1.165, 1.54) is 25.8 Å². The van der Waals surface area contributed by atoms with Crippen molar-refractivity contribution in [1.29, 1.82) is 0 Å². The molecule has 0 aromatic heterocycles. The Hall–Kier alpha value is -0.820. The lowest BCUT2D eigenvalue weighted by atomic mass is 10.1. The fraction of sp³-hybridized carbons (Fsp3) is 0.625. The molecule has 0 radical (unpaired) electrons. The van der Waals surface area contributed by atoms with Crippen molar-refractivity contribution < 1.29 is 0 Å². The Labute approximate surface area is 106 Å². The topological polar surface area (TPSA) is 12.0 Å². The lowest BCUT2D eigenvalue weighted by Crippen LogP contribution is -2.20. The van der Waals surface area contributed by atoms with Crippen molar-refractivity contribution >= 4 is 0 Å². The lowest BCUT2D eigenvalue weighted by molar-refractivity contribution is 0.524. The number of benzene rings is 1. The van der Waals surface area contributed by atoms with E-state index in [4.69, 9.17) is 0 Å². The highest BCUT2D eigenvalue weighted by Crippen LogP contribution is 2.49. The molecule has 1 nitrogen and oxygen atoms in total. The quantitative estimate of drug-likeness (QED) is 0.704. The average Bonchev–Trinajstić information content (AvgIpc) is 3.09. The molecule has 0 amide bonds. The second kappa shape index (κ2) is 6.20. The third kappa shape index (κ3) is 4.16. The van der Waals surface area contributed by atoms with Crippen molar-refractivity contribution in [2.75, 3.05) is 13.1 Å². The van der Waals surface area contributed by atoms with Crippen LogP contribution in [0.4, 0.5) is 0 Å². The second-order valence-electron chi connectivity index (χ2n) is 5.75. The predicted molar refractivity (Wildman–Crippen MR) is 74.2 cm³/mol. The highest BCUT2D eigenvalue weighted by molar-refractivity contribution is 5.25. The molecule has 2 unspecified atom stereocenters. The van der Waals surface area contributed by atoms with Gasteiger partial charge < -0.3 is 5.32 Å². The van der Waals surface area contributed by atoms with Crippen LogP contribution < -0.4 is 5.32 Å². The average molecular weight is 231 g/mol. The SMILES string of the molecule is CC(C)CNCCCC1CC1c1ccccc1. The molecule has 1 fully saturated rings. The molecule has 0 aliphatic heterocycles. The van der Waals surface area contributed by atoms with E-state index in [1.54, 1.807) is 5.56 Å². The zero-order chi connectivity index (χ0) is 12.1. The molecule has 2 atom stereocenters. The molecule has 0 bridgehead atoms. The van der Waals surface area contributed by atoms with Crippen LogP contribution in [0.15, 0.2) is 30.3 Å². The van der Waals surface area contributed by atoms with E-state index in [2.05, 4.69) is 49.5 Å². The van der Waals surface area contributed by atoms with E-state index in [1.807, 2.05) is 0 Å². The molecular formula is C16H25N. The summed E-state index contributed by atoms with van der Waals surface area (Å²) in [5, 5.41) is 3.52. The second-order valence-corrected chi connectivity index (χ2v) is 5.75. The fourth-order valence-corrected chi connectivity index (χ4v) is 2.56. The Morgan fingerprint density at radius 1 is 1.24 bits per heavy atom. The minimum absolute atomic E-state index is 0.771. The molecule has 1 N–H and O–H groups in total. The number of hydrogen-bond donors (Lipinski definition) is 1. The van der Waals surface area contributed by atoms with Crippen molar-refractivity contribution in [2.24, 2.45) is 11.8 Å². The van der Waals surface area contributed by atoms with E-state index >= 15 is 0 Å². The molecule has 1 aliphatic rings. The minimum Gasteiger partial charge on any atom is -0.316 e. The van der Waals surface area contributed by atoms with Gasteiger partial charge in [0.1, 0.15) is 0 Å². The summed E-state index contributed by atoms with van der Waals surface area (Å²) in [6.45, 7) is 6.88. The fourth-order valence-electron chi connectivity index (χ4n) is 2.56. The minimum atomic E-state index is 0.771. The highest BCUT2D eigenvalue weighted by atomic mass is 14.8. The van der Waals surface area contributed by atoms with Gasteiger partial charge in [0.25, 0.3) is 0 Å². The maximum Gasteiger partial charge on any atom is -0.00258 e. The van der Waals surface area contributed by atoms with Crippen molar-refractivity contribution in [3.05, 3.63) is 35.9 Å². The molecule has 0 spiro atoms.